The zero-order valence-corrected chi connectivity index (χ0v) is 17.5. The SMILES string of the molecule is NC(=O)c1c(NC(=O)CSc2n[nH]c(=O)n2CC2CCCO2)sc2c1CCCC2. The minimum Gasteiger partial charge on any atom is -0.376 e. The van der Waals surface area contributed by atoms with E-state index in [1.807, 2.05) is 0 Å². The molecule has 11 heteroatoms. The number of anilines is 1. The highest BCUT2D eigenvalue weighted by Crippen LogP contribution is 2.38. The van der Waals surface area contributed by atoms with Gasteiger partial charge in [-0.2, -0.15) is 0 Å². The van der Waals surface area contributed by atoms with Gasteiger partial charge < -0.3 is 15.8 Å². The Balaban J connectivity index is 1.42. The van der Waals surface area contributed by atoms with E-state index in [9.17, 15) is 14.4 Å². The lowest BCUT2D eigenvalue weighted by atomic mass is 9.95. The van der Waals surface area contributed by atoms with Gasteiger partial charge in [0.2, 0.25) is 5.91 Å². The molecule has 9 nitrogen and oxygen atoms in total. The number of carbonyl (C=O) groups is 2. The monoisotopic (exact) mass is 437 g/mol. The molecule has 0 radical (unpaired) electrons. The number of amides is 2. The first-order valence-corrected chi connectivity index (χ1v) is 11.5. The summed E-state index contributed by atoms with van der Waals surface area (Å²) in [4.78, 5) is 37.6. The van der Waals surface area contributed by atoms with E-state index in [4.69, 9.17) is 10.5 Å². The Hall–Kier alpha value is -2.11. The van der Waals surface area contributed by atoms with Gasteiger partial charge in [-0.25, -0.2) is 9.89 Å². The molecule has 0 aromatic carbocycles. The second-order valence-electron chi connectivity index (χ2n) is 7.17. The Morgan fingerprint density at radius 1 is 1.34 bits per heavy atom. The molecule has 1 aliphatic heterocycles. The number of hydrogen-bond acceptors (Lipinski definition) is 7. The van der Waals surface area contributed by atoms with Crippen molar-refractivity contribution in [1.29, 1.82) is 0 Å². The molecule has 0 bridgehead atoms. The zero-order valence-electron chi connectivity index (χ0n) is 15.9. The van der Waals surface area contributed by atoms with Crippen LogP contribution in [0.5, 0.6) is 0 Å². The molecule has 4 N–H and O–H groups in total. The average molecular weight is 438 g/mol. The fourth-order valence-corrected chi connectivity index (χ4v) is 5.84. The highest BCUT2D eigenvalue weighted by atomic mass is 32.2. The number of aryl methyl sites for hydroxylation is 1. The summed E-state index contributed by atoms with van der Waals surface area (Å²) in [6.45, 7) is 1.12. The molecular formula is C18H23N5O4S2. The second kappa shape index (κ2) is 8.72. The standard InChI is InChI=1S/C18H23N5O4S2/c19-15(25)14-11-5-1-2-6-12(11)29-16(14)20-13(24)9-28-18-22-21-17(26)23(18)8-10-4-3-7-27-10/h10H,1-9H2,(H2,19,25)(H,20,24)(H,21,26). The van der Waals surface area contributed by atoms with Gasteiger partial charge in [0.1, 0.15) is 5.00 Å². The molecule has 2 aliphatic rings. The van der Waals surface area contributed by atoms with Crippen LogP contribution in [0.4, 0.5) is 5.00 Å². The predicted octanol–water partition coefficient (Wildman–Crippen LogP) is 1.52. The Bertz CT molecular complexity index is 974. The fourth-order valence-electron chi connectivity index (χ4n) is 3.77. The van der Waals surface area contributed by atoms with Crippen molar-refractivity contribution in [2.45, 2.75) is 56.3 Å². The molecule has 1 fully saturated rings. The van der Waals surface area contributed by atoms with Gasteiger partial charge in [0.15, 0.2) is 5.16 Å². The van der Waals surface area contributed by atoms with Crippen LogP contribution in [0.15, 0.2) is 9.95 Å². The van der Waals surface area contributed by atoms with Crippen LogP contribution < -0.4 is 16.7 Å². The number of carbonyl (C=O) groups excluding carboxylic acids is 2. The number of primary amides is 1. The number of thioether (sulfide) groups is 1. The number of nitrogens with two attached hydrogens (primary N) is 1. The molecule has 1 saturated heterocycles. The Morgan fingerprint density at radius 3 is 2.93 bits per heavy atom. The van der Waals surface area contributed by atoms with E-state index in [2.05, 4.69) is 15.5 Å². The lowest BCUT2D eigenvalue weighted by molar-refractivity contribution is -0.113. The van der Waals surface area contributed by atoms with E-state index >= 15 is 0 Å². The van der Waals surface area contributed by atoms with Crippen LogP contribution >= 0.6 is 23.1 Å². The Morgan fingerprint density at radius 2 is 2.17 bits per heavy atom. The maximum Gasteiger partial charge on any atom is 0.344 e. The number of aromatic amines is 1. The maximum atomic E-state index is 12.5. The second-order valence-corrected chi connectivity index (χ2v) is 9.22. The van der Waals surface area contributed by atoms with Gasteiger partial charge in [0.05, 0.1) is 24.0 Å². The molecule has 1 aliphatic carbocycles. The molecule has 3 heterocycles. The van der Waals surface area contributed by atoms with Gasteiger partial charge in [-0.15, -0.1) is 16.4 Å². The van der Waals surface area contributed by atoms with Crippen molar-refractivity contribution in [2.24, 2.45) is 5.73 Å². The van der Waals surface area contributed by atoms with Crippen LogP contribution in [0, 0.1) is 0 Å². The maximum absolute atomic E-state index is 12.5. The molecule has 2 amide bonds. The van der Waals surface area contributed by atoms with Crippen molar-refractivity contribution in [2.75, 3.05) is 17.7 Å². The number of nitrogens with one attached hydrogen (secondary N) is 2. The molecule has 0 spiro atoms. The van der Waals surface area contributed by atoms with Crippen LogP contribution in [-0.4, -0.2) is 45.0 Å². The van der Waals surface area contributed by atoms with Crippen molar-refractivity contribution >= 4 is 39.9 Å². The number of rotatable bonds is 7. The molecule has 156 valence electrons. The summed E-state index contributed by atoms with van der Waals surface area (Å²) in [6, 6.07) is 0. The van der Waals surface area contributed by atoms with Crippen molar-refractivity contribution in [3.05, 3.63) is 26.5 Å². The van der Waals surface area contributed by atoms with Crippen molar-refractivity contribution < 1.29 is 14.3 Å². The minimum absolute atomic E-state index is 0.00552. The molecule has 1 unspecified atom stereocenters. The smallest absolute Gasteiger partial charge is 0.344 e. The molecule has 1 atom stereocenters. The Labute approximate surface area is 175 Å². The van der Waals surface area contributed by atoms with Crippen molar-refractivity contribution in [3.63, 3.8) is 0 Å². The largest absolute Gasteiger partial charge is 0.376 e. The summed E-state index contributed by atoms with van der Waals surface area (Å²) in [5.41, 5.74) is 6.68. The van der Waals surface area contributed by atoms with Gasteiger partial charge in [-0.3, -0.25) is 14.2 Å². The van der Waals surface area contributed by atoms with Crippen molar-refractivity contribution in [3.8, 4) is 0 Å². The van der Waals surface area contributed by atoms with Crippen LogP contribution in [0.25, 0.3) is 0 Å². The van der Waals surface area contributed by atoms with Crippen LogP contribution in [0.2, 0.25) is 0 Å². The van der Waals surface area contributed by atoms with E-state index in [-0.39, 0.29) is 23.5 Å². The number of thiophene rings is 1. The Kier molecular flexibility index (Phi) is 6.07. The van der Waals surface area contributed by atoms with Gasteiger partial charge in [-0.1, -0.05) is 11.8 Å². The topological polar surface area (TPSA) is 132 Å². The fraction of sp³-hybridized carbons (Fsp3) is 0.556. The number of fused-ring (bicyclic) bond motifs is 1. The minimum atomic E-state index is -0.509. The molecular weight excluding hydrogens is 414 g/mol. The molecule has 0 saturated carbocycles. The van der Waals surface area contributed by atoms with Gasteiger partial charge >= 0.3 is 5.69 Å². The highest BCUT2D eigenvalue weighted by molar-refractivity contribution is 7.99. The molecule has 2 aromatic rings. The van der Waals surface area contributed by atoms with Crippen molar-refractivity contribution in [1.82, 2.24) is 14.8 Å². The van der Waals surface area contributed by atoms with Gasteiger partial charge in [-0.05, 0) is 44.1 Å². The number of hydrogen-bond donors (Lipinski definition) is 3. The van der Waals surface area contributed by atoms with Crippen LogP contribution in [-0.2, 0) is 28.9 Å². The summed E-state index contributed by atoms with van der Waals surface area (Å²) >= 11 is 2.60. The van der Waals surface area contributed by atoms with Crippen LogP contribution in [0.1, 0.15) is 46.5 Å². The lowest BCUT2D eigenvalue weighted by Gasteiger charge is -2.11. The van der Waals surface area contributed by atoms with E-state index in [1.165, 1.54) is 27.7 Å². The predicted molar refractivity (Wildman–Crippen MR) is 111 cm³/mol. The number of ether oxygens (including phenoxy) is 1. The number of H-pyrrole nitrogens is 1. The van der Waals surface area contributed by atoms with Gasteiger partial charge in [0.25, 0.3) is 5.91 Å². The number of aromatic nitrogens is 3. The molecule has 4 rings (SSSR count). The lowest BCUT2D eigenvalue weighted by Crippen LogP contribution is -2.25. The number of nitrogens with zero attached hydrogens (tertiary/aromatic N) is 2. The third-order valence-corrected chi connectivity index (χ3v) is 7.32. The van der Waals surface area contributed by atoms with E-state index in [1.54, 1.807) is 0 Å². The first-order chi connectivity index (χ1) is 14.0. The summed E-state index contributed by atoms with van der Waals surface area (Å²) in [5, 5.41) is 10.2. The zero-order chi connectivity index (χ0) is 20.4. The average Bonchev–Trinajstić information content (AvgIpc) is 3.40. The third kappa shape index (κ3) is 4.41. The molecule has 29 heavy (non-hydrogen) atoms. The summed E-state index contributed by atoms with van der Waals surface area (Å²) in [6.07, 6.45) is 5.71. The first kappa shape index (κ1) is 20.2. The van der Waals surface area contributed by atoms with E-state index in [0.717, 1.165) is 49.0 Å². The highest BCUT2D eigenvalue weighted by Gasteiger charge is 2.25. The van der Waals surface area contributed by atoms with Gasteiger partial charge in [0, 0.05) is 11.5 Å². The summed E-state index contributed by atoms with van der Waals surface area (Å²) in [7, 11) is 0. The summed E-state index contributed by atoms with van der Waals surface area (Å²) < 4.78 is 7.09. The normalized spacial score (nSPS) is 18.6. The van der Waals surface area contributed by atoms with E-state index in [0.29, 0.717) is 28.9 Å². The quantitative estimate of drug-likeness (QED) is 0.563. The first-order valence-electron chi connectivity index (χ1n) is 9.66. The van der Waals surface area contributed by atoms with E-state index < -0.39 is 5.91 Å². The summed E-state index contributed by atoms with van der Waals surface area (Å²) in [5.74, 6) is -0.711. The third-order valence-electron chi connectivity index (χ3n) is 5.14. The van der Waals surface area contributed by atoms with Crippen LogP contribution in [0.3, 0.4) is 0 Å². The molecule has 2 aromatic heterocycles.